The molecule has 1 aliphatic rings. The molecule has 4 nitrogen and oxygen atoms in total. The summed E-state index contributed by atoms with van der Waals surface area (Å²) in [4.78, 5) is 16.5. The van der Waals surface area contributed by atoms with Crippen LogP contribution in [-0.4, -0.2) is 47.6 Å². The molecular weight excluding hydrogens is 268 g/mol. The Morgan fingerprint density at radius 3 is 2.65 bits per heavy atom. The number of aryl methyl sites for hydroxylation is 1. The van der Waals surface area contributed by atoms with Crippen molar-refractivity contribution in [3.8, 4) is 0 Å². The summed E-state index contributed by atoms with van der Waals surface area (Å²) in [6, 6.07) is 2.27. The van der Waals surface area contributed by atoms with Gasteiger partial charge in [-0.3, -0.25) is 4.90 Å². The third-order valence-corrected chi connectivity index (χ3v) is 5.11. The summed E-state index contributed by atoms with van der Waals surface area (Å²) in [7, 11) is 0. The van der Waals surface area contributed by atoms with E-state index in [1.54, 1.807) is 17.7 Å². The molecule has 20 heavy (non-hydrogen) atoms. The number of piperazine rings is 1. The summed E-state index contributed by atoms with van der Waals surface area (Å²) in [5.41, 5.74) is 0. The lowest BCUT2D eigenvalue weighted by atomic mass is 10.2. The number of hydrogen-bond acceptors (Lipinski definition) is 5. The van der Waals surface area contributed by atoms with Crippen LogP contribution in [0.15, 0.2) is 12.4 Å². The standard InChI is InChI=1S/C15H22N4S/c1-3-5-18-6-8-19(9-7-18)14-13-10-12(4-2)20-15(13)17-11-16-14/h10-11H,3-9H2,1-2H3. The van der Waals surface area contributed by atoms with E-state index in [1.807, 2.05) is 0 Å². The SMILES string of the molecule is CCCN1CCN(c2ncnc3sc(CC)cc23)CC1. The third-order valence-electron chi connectivity index (χ3n) is 3.92. The lowest BCUT2D eigenvalue weighted by molar-refractivity contribution is 0.258. The maximum Gasteiger partial charge on any atom is 0.140 e. The van der Waals surface area contributed by atoms with Gasteiger partial charge in [0.1, 0.15) is 17.0 Å². The average Bonchev–Trinajstić information content (AvgIpc) is 2.91. The highest BCUT2D eigenvalue weighted by Crippen LogP contribution is 2.30. The number of aromatic nitrogens is 2. The maximum absolute atomic E-state index is 4.55. The van der Waals surface area contributed by atoms with Crippen LogP contribution in [0.3, 0.4) is 0 Å². The Balaban J connectivity index is 1.82. The molecule has 0 atom stereocenters. The summed E-state index contributed by atoms with van der Waals surface area (Å²) in [5, 5.41) is 1.23. The zero-order valence-corrected chi connectivity index (χ0v) is 13.1. The largest absolute Gasteiger partial charge is 0.353 e. The van der Waals surface area contributed by atoms with Crippen LogP contribution in [0.25, 0.3) is 10.2 Å². The molecule has 0 saturated carbocycles. The van der Waals surface area contributed by atoms with E-state index in [1.165, 1.54) is 23.2 Å². The van der Waals surface area contributed by atoms with Gasteiger partial charge < -0.3 is 4.90 Å². The zero-order valence-electron chi connectivity index (χ0n) is 12.3. The van der Waals surface area contributed by atoms with Crippen molar-refractivity contribution in [1.82, 2.24) is 14.9 Å². The van der Waals surface area contributed by atoms with E-state index in [0.717, 1.165) is 43.2 Å². The third kappa shape index (κ3) is 2.65. The van der Waals surface area contributed by atoms with Gasteiger partial charge in [-0.1, -0.05) is 13.8 Å². The fourth-order valence-electron chi connectivity index (χ4n) is 2.82. The van der Waals surface area contributed by atoms with Crippen LogP contribution in [0.1, 0.15) is 25.1 Å². The van der Waals surface area contributed by atoms with Crippen LogP contribution in [-0.2, 0) is 6.42 Å². The molecule has 3 heterocycles. The summed E-state index contributed by atoms with van der Waals surface area (Å²) in [6.45, 7) is 10.1. The number of thiophene rings is 1. The molecule has 0 radical (unpaired) electrons. The van der Waals surface area contributed by atoms with E-state index in [0.29, 0.717) is 0 Å². The lowest BCUT2D eigenvalue weighted by Gasteiger charge is -2.35. The Labute approximate surface area is 124 Å². The highest BCUT2D eigenvalue weighted by atomic mass is 32.1. The van der Waals surface area contributed by atoms with Crippen LogP contribution >= 0.6 is 11.3 Å². The van der Waals surface area contributed by atoms with Gasteiger partial charge in [-0.2, -0.15) is 0 Å². The van der Waals surface area contributed by atoms with Crippen LogP contribution in [0.4, 0.5) is 5.82 Å². The van der Waals surface area contributed by atoms with E-state index in [9.17, 15) is 0 Å². The fraction of sp³-hybridized carbons (Fsp3) is 0.600. The van der Waals surface area contributed by atoms with Gasteiger partial charge in [-0.25, -0.2) is 9.97 Å². The summed E-state index contributed by atoms with van der Waals surface area (Å²) in [6.07, 6.45) is 4.03. The fourth-order valence-corrected chi connectivity index (χ4v) is 3.75. The van der Waals surface area contributed by atoms with E-state index in [4.69, 9.17) is 0 Å². The van der Waals surface area contributed by atoms with Crippen molar-refractivity contribution in [3.63, 3.8) is 0 Å². The van der Waals surface area contributed by atoms with Crippen LogP contribution in [0.2, 0.25) is 0 Å². The molecule has 0 aliphatic carbocycles. The van der Waals surface area contributed by atoms with Gasteiger partial charge in [0.2, 0.25) is 0 Å². The lowest BCUT2D eigenvalue weighted by Crippen LogP contribution is -2.46. The monoisotopic (exact) mass is 290 g/mol. The molecule has 1 saturated heterocycles. The predicted molar refractivity (Wildman–Crippen MR) is 85.7 cm³/mol. The van der Waals surface area contributed by atoms with Crippen molar-refractivity contribution in [2.24, 2.45) is 0 Å². The smallest absolute Gasteiger partial charge is 0.140 e. The topological polar surface area (TPSA) is 32.3 Å². The molecule has 3 rings (SSSR count). The molecule has 0 aromatic carbocycles. The number of fused-ring (bicyclic) bond motifs is 1. The highest BCUT2D eigenvalue weighted by molar-refractivity contribution is 7.18. The maximum atomic E-state index is 4.55. The quantitative estimate of drug-likeness (QED) is 0.867. The van der Waals surface area contributed by atoms with E-state index in [-0.39, 0.29) is 0 Å². The van der Waals surface area contributed by atoms with Gasteiger partial charge in [-0.15, -0.1) is 11.3 Å². The van der Waals surface area contributed by atoms with Gasteiger partial charge in [0.15, 0.2) is 0 Å². The van der Waals surface area contributed by atoms with Crippen molar-refractivity contribution in [2.45, 2.75) is 26.7 Å². The van der Waals surface area contributed by atoms with Crippen molar-refractivity contribution in [2.75, 3.05) is 37.6 Å². The molecule has 2 aromatic heterocycles. The van der Waals surface area contributed by atoms with Gasteiger partial charge in [0.05, 0.1) is 5.39 Å². The first kappa shape index (κ1) is 13.8. The van der Waals surface area contributed by atoms with Crippen molar-refractivity contribution >= 4 is 27.4 Å². The molecule has 1 aliphatic heterocycles. The summed E-state index contributed by atoms with van der Waals surface area (Å²) >= 11 is 1.80. The summed E-state index contributed by atoms with van der Waals surface area (Å²) in [5.74, 6) is 1.13. The Kier molecular flexibility index (Phi) is 4.17. The van der Waals surface area contributed by atoms with Gasteiger partial charge >= 0.3 is 0 Å². The first-order chi connectivity index (χ1) is 9.81. The minimum Gasteiger partial charge on any atom is -0.353 e. The van der Waals surface area contributed by atoms with E-state index < -0.39 is 0 Å². The van der Waals surface area contributed by atoms with Gasteiger partial charge in [-0.05, 0) is 25.5 Å². The number of rotatable bonds is 4. The molecule has 108 valence electrons. The van der Waals surface area contributed by atoms with E-state index >= 15 is 0 Å². The van der Waals surface area contributed by atoms with Crippen molar-refractivity contribution in [3.05, 3.63) is 17.3 Å². The first-order valence-electron chi connectivity index (χ1n) is 7.52. The number of anilines is 1. The van der Waals surface area contributed by atoms with Crippen LogP contribution in [0.5, 0.6) is 0 Å². The second-order valence-electron chi connectivity index (χ2n) is 5.31. The predicted octanol–water partition coefficient (Wildman–Crippen LogP) is 2.79. The van der Waals surface area contributed by atoms with Crippen LogP contribution < -0.4 is 4.90 Å². The number of nitrogens with zero attached hydrogens (tertiary/aromatic N) is 4. The Bertz CT molecular complexity index is 572. The van der Waals surface area contributed by atoms with Gasteiger partial charge in [0.25, 0.3) is 0 Å². The minimum atomic E-state index is 1.07. The molecule has 0 bridgehead atoms. The Hall–Kier alpha value is -1.20. The number of hydrogen-bond donors (Lipinski definition) is 0. The molecule has 2 aromatic rings. The molecule has 0 amide bonds. The van der Waals surface area contributed by atoms with Crippen molar-refractivity contribution in [1.29, 1.82) is 0 Å². The molecule has 0 unspecified atom stereocenters. The normalized spacial score (nSPS) is 17.0. The van der Waals surface area contributed by atoms with Gasteiger partial charge in [0, 0.05) is 31.1 Å². The molecule has 1 fully saturated rings. The minimum absolute atomic E-state index is 1.07. The second kappa shape index (κ2) is 6.06. The van der Waals surface area contributed by atoms with Crippen LogP contribution in [0, 0.1) is 0 Å². The summed E-state index contributed by atoms with van der Waals surface area (Å²) < 4.78 is 0. The van der Waals surface area contributed by atoms with Crippen molar-refractivity contribution < 1.29 is 0 Å². The Morgan fingerprint density at radius 1 is 1.15 bits per heavy atom. The molecule has 5 heteroatoms. The van der Waals surface area contributed by atoms with E-state index in [2.05, 4.69) is 39.7 Å². The second-order valence-corrected chi connectivity index (χ2v) is 6.43. The first-order valence-corrected chi connectivity index (χ1v) is 8.34. The highest BCUT2D eigenvalue weighted by Gasteiger charge is 2.20. The average molecular weight is 290 g/mol. The molecule has 0 N–H and O–H groups in total. The zero-order chi connectivity index (χ0) is 13.9. The molecular formula is C15H22N4S. The Morgan fingerprint density at radius 2 is 1.95 bits per heavy atom. The molecule has 0 spiro atoms.